The van der Waals surface area contributed by atoms with Crippen LogP contribution in [0, 0.1) is 0 Å². The number of hydrogen-bond acceptors (Lipinski definition) is 4. The highest BCUT2D eigenvalue weighted by atomic mass is 35.5. The van der Waals surface area contributed by atoms with Gasteiger partial charge >= 0.3 is 0 Å². The van der Waals surface area contributed by atoms with Gasteiger partial charge in [-0.15, -0.1) is 0 Å². The fourth-order valence-corrected chi connectivity index (χ4v) is 3.66. The normalized spacial score (nSPS) is 24.6. The van der Waals surface area contributed by atoms with Gasteiger partial charge in [0.05, 0.1) is 12.6 Å². The van der Waals surface area contributed by atoms with E-state index in [2.05, 4.69) is 5.32 Å². The van der Waals surface area contributed by atoms with Crippen molar-refractivity contribution in [3.05, 3.63) is 33.8 Å². The summed E-state index contributed by atoms with van der Waals surface area (Å²) in [4.78, 5) is 40.3. The predicted molar refractivity (Wildman–Crippen MR) is 91.5 cm³/mol. The summed E-state index contributed by atoms with van der Waals surface area (Å²) in [5.74, 6) is -1.02. The van der Waals surface area contributed by atoms with Gasteiger partial charge < -0.3 is 20.2 Å². The Kier molecular flexibility index (Phi) is 4.90. The average Bonchev–Trinajstić information content (AvgIpc) is 2.55. The number of amides is 3. The maximum absolute atomic E-state index is 12.7. The molecule has 2 aliphatic rings. The summed E-state index contributed by atoms with van der Waals surface area (Å²) in [6.45, 7) is 2.03. The summed E-state index contributed by atoms with van der Waals surface area (Å²) in [6.07, 6.45) is -0.981. The van der Waals surface area contributed by atoms with Gasteiger partial charge in [-0.05, 0) is 25.1 Å². The number of aliphatic hydroxyl groups is 1. The second-order valence-corrected chi connectivity index (χ2v) is 7.06. The summed E-state index contributed by atoms with van der Waals surface area (Å²) >= 11 is 11.9. The molecule has 0 saturated carbocycles. The van der Waals surface area contributed by atoms with Crippen LogP contribution in [0.3, 0.4) is 0 Å². The Morgan fingerprint density at radius 1 is 1.24 bits per heavy atom. The largest absolute Gasteiger partial charge is 0.391 e. The van der Waals surface area contributed by atoms with Crippen molar-refractivity contribution in [3.63, 3.8) is 0 Å². The minimum atomic E-state index is -0.981. The first-order chi connectivity index (χ1) is 11.8. The molecule has 3 rings (SSSR count). The lowest BCUT2D eigenvalue weighted by Crippen LogP contribution is -2.71. The van der Waals surface area contributed by atoms with E-state index >= 15 is 0 Å². The Hall–Kier alpha value is -1.83. The molecule has 2 aliphatic heterocycles. The summed E-state index contributed by atoms with van der Waals surface area (Å²) in [5, 5.41) is 12.9. The zero-order valence-corrected chi connectivity index (χ0v) is 14.9. The number of carbonyl (C=O) groups is 3. The van der Waals surface area contributed by atoms with Crippen LogP contribution < -0.4 is 5.32 Å². The number of hydrogen-bond donors (Lipinski definition) is 2. The van der Waals surface area contributed by atoms with Gasteiger partial charge in [-0.2, -0.15) is 0 Å². The standard InChI is InChI=1S/C16H17Cl2N3O4/c1-8(22)13-16(25)21-3-2-20(7-12(21)14(23)19-13)15(24)9-4-10(17)6-11(18)5-9/h4-6,8,12-13,22H,2-3,7H2,1H3,(H,19,23)/t8-,12+,13+/m0/s1. The van der Waals surface area contributed by atoms with Crippen LogP contribution in [0.25, 0.3) is 0 Å². The van der Waals surface area contributed by atoms with E-state index in [4.69, 9.17) is 23.2 Å². The van der Waals surface area contributed by atoms with Gasteiger partial charge in [0, 0.05) is 28.7 Å². The zero-order valence-electron chi connectivity index (χ0n) is 13.4. The molecule has 7 nitrogen and oxygen atoms in total. The monoisotopic (exact) mass is 385 g/mol. The highest BCUT2D eigenvalue weighted by molar-refractivity contribution is 6.35. The molecule has 3 amide bonds. The van der Waals surface area contributed by atoms with Gasteiger partial charge in [0.2, 0.25) is 11.8 Å². The lowest BCUT2D eigenvalue weighted by Gasteiger charge is -2.45. The fraction of sp³-hybridized carbons (Fsp3) is 0.438. The summed E-state index contributed by atoms with van der Waals surface area (Å²) < 4.78 is 0. The molecule has 9 heteroatoms. The van der Waals surface area contributed by atoms with E-state index < -0.39 is 18.2 Å². The molecule has 3 atom stereocenters. The molecule has 1 aromatic carbocycles. The molecule has 0 aliphatic carbocycles. The maximum Gasteiger partial charge on any atom is 0.254 e. The lowest BCUT2D eigenvalue weighted by molar-refractivity contribution is -0.155. The minimum Gasteiger partial charge on any atom is -0.391 e. The predicted octanol–water partition coefficient (Wildman–Crippen LogP) is 0.526. The van der Waals surface area contributed by atoms with E-state index in [0.717, 1.165) is 0 Å². The third-order valence-electron chi connectivity index (χ3n) is 4.41. The van der Waals surface area contributed by atoms with Crippen LogP contribution in [-0.4, -0.2) is 70.4 Å². The van der Waals surface area contributed by atoms with Gasteiger partial charge in [0.1, 0.15) is 12.1 Å². The summed E-state index contributed by atoms with van der Waals surface area (Å²) in [7, 11) is 0. The number of halogens is 2. The van der Waals surface area contributed by atoms with Crippen molar-refractivity contribution in [2.75, 3.05) is 19.6 Å². The van der Waals surface area contributed by atoms with Crippen LogP contribution in [0.2, 0.25) is 10.0 Å². The molecule has 0 aromatic heterocycles. The number of benzene rings is 1. The molecule has 25 heavy (non-hydrogen) atoms. The van der Waals surface area contributed by atoms with E-state index in [-0.39, 0.29) is 37.4 Å². The van der Waals surface area contributed by atoms with Crippen molar-refractivity contribution >= 4 is 40.9 Å². The molecular weight excluding hydrogens is 369 g/mol. The van der Waals surface area contributed by atoms with Crippen LogP contribution in [0.15, 0.2) is 18.2 Å². The quantitative estimate of drug-likeness (QED) is 0.776. The molecule has 1 aromatic rings. The molecule has 0 bridgehead atoms. The second kappa shape index (κ2) is 6.82. The molecule has 134 valence electrons. The van der Waals surface area contributed by atoms with E-state index in [1.165, 1.54) is 34.9 Å². The number of rotatable bonds is 2. The maximum atomic E-state index is 12.7. The molecule has 2 heterocycles. The van der Waals surface area contributed by atoms with Crippen LogP contribution in [0.4, 0.5) is 0 Å². The molecular formula is C16H17Cl2N3O4. The minimum absolute atomic E-state index is 0.0765. The summed E-state index contributed by atoms with van der Waals surface area (Å²) in [5.41, 5.74) is 0.329. The summed E-state index contributed by atoms with van der Waals surface area (Å²) in [6, 6.07) is 2.84. The van der Waals surface area contributed by atoms with Crippen molar-refractivity contribution in [1.82, 2.24) is 15.1 Å². The Balaban J connectivity index is 1.78. The van der Waals surface area contributed by atoms with Crippen molar-refractivity contribution < 1.29 is 19.5 Å². The zero-order chi connectivity index (χ0) is 18.3. The third-order valence-corrected chi connectivity index (χ3v) is 4.85. The molecule has 2 N–H and O–H groups in total. The number of piperazine rings is 2. The highest BCUT2D eigenvalue weighted by Crippen LogP contribution is 2.23. The smallest absolute Gasteiger partial charge is 0.254 e. The van der Waals surface area contributed by atoms with Gasteiger partial charge in [-0.1, -0.05) is 23.2 Å². The fourth-order valence-electron chi connectivity index (χ4n) is 3.13. The first-order valence-electron chi connectivity index (χ1n) is 7.82. The molecule has 0 unspecified atom stereocenters. The first kappa shape index (κ1) is 18.0. The highest BCUT2D eigenvalue weighted by Gasteiger charge is 2.45. The SMILES string of the molecule is C[C@H](O)[C@H]1NC(=O)[C@H]2CN(C(=O)c3cc(Cl)cc(Cl)c3)CCN2C1=O. The third kappa shape index (κ3) is 3.44. The Bertz CT molecular complexity index is 720. The molecule has 0 radical (unpaired) electrons. The van der Waals surface area contributed by atoms with Gasteiger partial charge in [0.15, 0.2) is 0 Å². The van der Waals surface area contributed by atoms with Crippen molar-refractivity contribution in [3.8, 4) is 0 Å². The molecule has 2 fully saturated rings. The molecule has 2 saturated heterocycles. The van der Waals surface area contributed by atoms with Crippen LogP contribution >= 0.6 is 23.2 Å². The van der Waals surface area contributed by atoms with Gasteiger partial charge in [0.25, 0.3) is 5.91 Å². The topological polar surface area (TPSA) is 89.9 Å². The van der Waals surface area contributed by atoms with Crippen molar-refractivity contribution in [2.24, 2.45) is 0 Å². The Morgan fingerprint density at radius 3 is 2.48 bits per heavy atom. The van der Waals surface area contributed by atoms with Gasteiger partial charge in [-0.3, -0.25) is 14.4 Å². The second-order valence-electron chi connectivity index (χ2n) is 6.18. The van der Waals surface area contributed by atoms with E-state index in [0.29, 0.717) is 15.6 Å². The lowest BCUT2D eigenvalue weighted by atomic mass is 10.0. The van der Waals surface area contributed by atoms with E-state index in [9.17, 15) is 19.5 Å². The van der Waals surface area contributed by atoms with Crippen molar-refractivity contribution in [1.29, 1.82) is 0 Å². The van der Waals surface area contributed by atoms with E-state index in [1.807, 2.05) is 0 Å². The number of fused-ring (bicyclic) bond motifs is 1. The number of nitrogens with one attached hydrogen (secondary N) is 1. The Labute approximate surface area is 154 Å². The number of aliphatic hydroxyl groups excluding tert-OH is 1. The first-order valence-corrected chi connectivity index (χ1v) is 8.58. The average molecular weight is 386 g/mol. The van der Waals surface area contributed by atoms with Crippen molar-refractivity contribution in [2.45, 2.75) is 25.1 Å². The number of carbonyl (C=O) groups excluding carboxylic acids is 3. The van der Waals surface area contributed by atoms with Crippen LogP contribution in [-0.2, 0) is 9.59 Å². The van der Waals surface area contributed by atoms with Crippen LogP contribution in [0.1, 0.15) is 17.3 Å². The van der Waals surface area contributed by atoms with Crippen LogP contribution in [0.5, 0.6) is 0 Å². The van der Waals surface area contributed by atoms with Gasteiger partial charge in [-0.25, -0.2) is 0 Å². The Morgan fingerprint density at radius 2 is 1.88 bits per heavy atom. The number of nitrogens with zero attached hydrogens (tertiary/aromatic N) is 2. The molecule has 0 spiro atoms. The van der Waals surface area contributed by atoms with E-state index in [1.54, 1.807) is 0 Å².